The van der Waals surface area contributed by atoms with Gasteiger partial charge in [0, 0.05) is 0 Å². The zero-order valence-electron chi connectivity index (χ0n) is 8.71. The van der Waals surface area contributed by atoms with Crippen LogP contribution >= 0.6 is 11.3 Å². The van der Waals surface area contributed by atoms with Gasteiger partial charge in [0.1, 0.15) is 5.00 Å². The third-order valence-electron chi connectivity index (χ3n) is 2.55. The molecule has 0 saturated carbocycles. The topological polar surface area (TPSA) is 54.9 Å². The van der Waals surface area contributed by atoms with Crippen molar-refractivity contribution < 1.29 is 0 Å². The fourth-order valence-corrected chi connectivity index (χ4v) is 2.44. The summed E-state index contributed by atoms with van der Waals surface area (Å²) in [6, 6.07) is 10.4. The minimum atomic E-state index is -0.256. The van der Waals surface area contributed by atoms with Gasteiger partial charge in [0.15, 0.2) is 0 Å². The monoisotopic (exact) mass is 244 g/mol. The van der Waals surface area contributed by atoms with Gasteiger partial charge in [-0.3, -0.25) is 14.7 Å². The summed E-state index contributed by atoms with van der Waals surface area (Å²) in [5.41, 5.74) is -0.462. The molecule has 0 bridgehead atoms. The molecule has 0 saturated heterocycles. The van der Waals surface area contributed by atoms with Gasteiger partial charge < -0.3 is 0 Å². The van der Waals surface area contributed by atoms with Crippen molar-refractivity contribution in [1.29, 1.82) is 0 Å². The maximum atomic E-state index is 12.2. The fourth-order valence-electron chi connectivity index (χ4n) is 1.75. The minimum absolute atomic E-state index is 0.206. The van der Waals surface area contributed by atoms with Crippen LogP contribution in [0.1, 0.15) is 0 Å². The molecule has 1 aromatic carbocycles. The van der Waals surface area contributed by atoms with Gasteiger partial charge in [-0.1, -0.05) is 12.1 Å². The van der Waals surface area contributed by atoms with E-state index in [1.807, 2.05) is 11.4 Å². The molecule has 1 N–H and O–H groups in total. The van der Waals surface area contributed by atoms with E-state index in [1.54, 1.807) is 30.3 Å². The summed E-state index contributed by atoms with van der Waals surface area (Å²) in [5, 5.41) is 6.00. The number of nitrogens with one attached hydrogen (secondary N) is 1. The van der Waals surface area contributed by atoms with Gasteiger partial charge in [-0.15, -0.1) is 11.3 Å². The zero-order chi connectivity index (χ0) is 11.8. The first-order valence-corrected chi connectivity index (χ1v) is 5.93. The molecule has 0 amide bonds. The lowest BCUT2D eigenvalue weighted by Crippen LogP contribution is -2.27. The molecule has 84 valence electrons. The van der Waals surface area contributed by atoms with E-state index >= 15 is 0 Å². The average molecular weight is 244 g/mol. The van der Waals surface area contributed by atoms with Gasteiger partial charge in [0.25, 0.3) is 11.1 Å². The molecule has 0 spiro atoms. The molecule has 2 aromatic heterocycles. The summed E-state index contributed by atoms with van der Waals surface area (Å²) in [7, 11) is 0. The molecule has 0 aliphatic heterocycles. The first-order valence-electron chi connectivity index (χ1n) is 5.05. The number of aromatic amines is 1. The molecule has 0 aliphatic carbocycles. The molecule has 3 rings (SSSR count). The number of aromatic nitrogens is 2. The van der Waals surface area contributed by atoms with Crippen LogP contribution in [0.25, 0.3) is 15.8 Å². The average Bonchev–Trinajstić information content (AvgIpc) is 2.87. The number of hydrogen-bond acceptors (Lipinski definition) is 3. The van der Waals surface area contributed by atoms with E-state index in [9.17, 15) is 9.59 Å². The van der Waals surface area contributed by atoms with E-state index in [2.05, 4.69) is 5.10 Å². The number of thiophene rings is 1. The van der Waals surface area contributed by atoms with Crippen LogP contribution in [-0.2, 0) is 0 Å². The van der Waals surface area contributed by atoms with Gasteiger partial charge in [-0.2, -0.15) is 0 Å². The minimum Gasteiger partial charge on any atom is -0.267 e. The first-order chi connectivity index (χ1) is 8.27. The van der Waals surface area contributed by atoms with Gasteiger partial charge in [-0.05, 0) is 29.6 Å². The van der Waals surface area contributed by atoms with E-state index < -0.39 is 0 Å². The molecule has 0 radical (unpaired) electrons. The maximum absolute atomic E-state index is 12.2. The predicted octanol–water partition coefficient (Wildman–Crippen LogP) is 1.74. The third-order valence-corrected chi connectivity index (χ3v) is 3.40. The number of rotatable bonds is 1. The van der Waals surface area contributed by atoms with Crippen molar-refractivity contribution in [2.24, 2.45) is 0 Å². The third kappa shape index (κ3) is 1.52. The van der Waals surface area contributed by atoms with Crippen LogP contribution in [0.4, 0.5) is 0 Å². The second-order valence-electron chi connectivity index (χ2n) is 3.58. The standard InChI is InChI=1S/C12H8N2O2S/c15-11-8-4-1-2-5-9(8)12(16)14(13-11)10-6-3-7-17-10/h1-7H,(H,13,15). The van der Waals surface area contributed by atoms with Crippen molar-refractivity contribution in [3.05, 3.63) is 62.5 Å². The largest absolute Gasteiger partial charge is 0.278 e. The van der Waals surface area contributed by atoms with Crippen LogP contribution in [0.2, 0.25) is 0 Å². The Labute approximate surface area is 99.8 Å². The highest BCUT2D eigenvalue weighted by Gasteiger charge is 2.07. The van der Waals surface area contributed by atoms with Gasteiger partial charge in [-0.25, -0.2) is 4.68 Å². The number of hydrogen-bond donors (Lipinski definition) is 1. The number of fused-ring (bicyclic) bond motifs is 1. The van der Waals surface area contributed by atoms with E-state index in [0.29, 0.717) is 15.8 Å². The summed E-state index contributed by atoms with van der Waals surface area (Å²) in [5.74, 6) is 0. The normalized spacial score (nSPS) is 10.8. The molecule has 0 fully saturated rings. The molecule has 5 heteroatoms. The summed E-state index contributed by atoms with van der Waals surface area (Å²) >= 11 is 1.40. The second-order valence-corrected chi connectivity index (χ2v) is 4.50. The van der Waals surface area contributed by atoms with E-state index in [4.69, 9.17) is 0 Å². The van der Waals surface area contributed by atoms with Crippen molar-refractivity contribution in [3.8, 4) is 5.00 Å². The van der Waals surface area contributed by atoms with Crippen LogP contribution < -0.4 is 11.1 Å². The maximum Gasteiger partial charge on any atom is 0.278 e. The quantitative estimate of drug-likeness (QED) is 0.709. The van der Waals surface area contributed by atoms with Crippen LogP contribution in [0.15, 0.2) is 51.4 Å². The Kier molecular flexibility index (Phi) is 2.19. The van der Waals surface area contributed by atoms with E-state index in [0.717, 1.165) is 0 Å². The van der Waals surface area contributed by atoms with E-state index in [1.165, 1.54) is 16.0 Å². The summed E-state index contributed by atoms with van der Waals surface area (Å²) in [6.45, 7) is 0. The van der Waals surface area contributed by atoms with Gasteiger partial charge in [0.05, 0.1) is 10.8 Å². The van der Waals surface area contributed by atoms with Crippen molar-refractivity contribution >= 4 is 22.1 Å². The summed E-state index contributed by atoms with van der Waals surface area (Å²) in [6.07, 6.45) is 0. The molecule has 3 aromatic rings. The fraction of sp³-hybridized carbons (Fsp3) is 0. The Morgan fingerprint density at radius 3 is 2.47 bits per heavy atom. The van der Waals surface area contributed by atoms with Gasteiger partial charge in [0.2, 0.25) is 0 Å². The lowest BCUT2D eigenvalue weighted by molar-refractivity contribution is 0.815. The Morgan fingerprint density at radius 1 is 1.00 bits per heavy atom. The number of H-pyrrole nitrogens is 1. The predicted molar refractivity (Wildman–Crippen MR) is 68.0 cm³/mol. The summed E-state index contributed by atoms with van der Waals surface area (Å²) < 4.78 is 1.29. The summed E-state index contributed by atoms with van der Waals surface area (Å²) in [4.78, 5) is 24.0. The Morgan fingerprint density at radius 2 is 1.76 bits per heavy atom. The molecule has 2 heterocycles. The Bertz CT molecular complexity index is 784. The van der Waals surface area contributed by atoms with Crippen LogP contribution in [0.3, 0.4) is 0 Å². The van der Waals surface area contributed by atoms with Crippen LogP contribution in [0, 0.1) is 0 Å². The SMILES string of the molecule is O=c1[nH]n(-c2cccs2)c(=O)c2ccccc12. The van der Waals surface area contributed by atoms with Crippen molar-refractivity contribution in [3.63, 3.8) is 0 Å². The highest BCUT2D eigenvalue weighted by Crippen LogP contribution is 2.12. The lowest BCUT2D eigenvalue weighted by atomic mass is 10.2. The number of benzene rings is 1. The molecular formula is C12H8N2O2S. The van der Waals surface area contributed by atoms with E-state index in [-0.39, 0.29) is 11.1 Å². The Hall–Kier alpha value is -2.14. The van der Waals surface area contributed by atoms with Crippen LogP contribution in [0.5, 0.6) is 0 Å². The Balaban J connectivity index is 2.48. The van der Waals surface area contributed by atoms with Crippen LogP contribution in [-0.4, -0.2) is 9.78 Å². The second kappa shape index (κ2) is 3.71. The molecular weight excluding hydrogens is 236 g/mol. The van der Waals surface area contributed by atoms with Gasteiger partial charge >= 0.3 is 0 Å². The number of nitrogens with zero attached hydrogens (tertiary/aromatic N) is 1. The smallest absolute Gasteiger partial charge is 0.267 e. The molecule has 0 aliphatic rings. The lowest BCUT2D eigenvalue weighted by Gasteiger charge is -2.03. The highest BCUT2D eigenvalue weighted by atomic mass is 32.1. The molecule has 0 atom stereocenters. The molecule has 0 unspecified atom stereocenters. The first kappa shape index (κ1) is 10.0. The zero-order valence-corrected chi connectivity index (χ0v) is 9.53. The van der Waals surface area contributed by atoms with Crippen molar-refractivity contribution in [2.75, 3.05) is 0 Å². The van der Waals surface area contributed by atoms with Crippen molar-refractivity contribution in [1.82, 2.24) is 9.78 Å². The molecule has 4 nitrogen and oxygen atoms in total. The highest BCUT2D eigenvalue weighted by molar-refractivity contribution is 7.12. The molecule has 17 heavy (non-hydrogen) atoms. The van der Waals surface area contributed by atoms with Crippen molar-refractivity contribution in [2.45, 2.75) is 0 Å².